The summed E-state index contributed by atoms with van der Waals surface area (Å²) in [7, 11) is 1.66. The Morgan fingerprint density at radius 2 is 2.00 bits per heavy atom. The van der Waals surface area contributed by atoms with Gasteiger partial charge >= 0.3 is 0 Å². The summed E-state index contributed by atoms with van der Waals surface area (Å²) in [5.41, 5.74) is 7.79. The van der Waals surface area contributed by atoms with Crippen molar-refractivity contribution in [3.05, 3.63) is 54.2 Å². The quantitative estimate of drug-likeness (QED) is 0.826. The number of hydrogen-bond donors (Lipinski definition) is 1. The molecule has 0 unspecified atom stereocenters. The Bertz CT molecular complexity index is 590. The van der Waals surface area contributed by atoms with Gasteiger partial charge in [0.25, 0.3) is 0 Å². The number of nitrogens with two attached hydrogens (primary N) is 1. The molecule has 1 aromatic carbocycles. The van der Waals surface area contributed by atoms with Crippen molar-refractivity contribution in [2.24, 2.45) is 0 Å². The van der Waals surface area contributed by atoms with Gasteiger partial charge in [0.15, 0.2) is 0 Å². The molecule has 5 heteroatoms. The Balaban J connectivity index is 2.23. The van der Waals surface area contributed by atoms with Crippen molar-refractivity contribution >= 4 is 11.8 Å². The zero-order chi connectivity index (χ0) is 15.2. The first-order valence-electron chi connectivity index (χ1n) is 6.72. The van der Waals surface area contributed by atoms with Gasteiger partial charge in [0.2, 0.25) is 5.95 Å². The maximum absolute atomic E-state index is 5.80. The molecule has 0 aliphatic heterocycles. The van der Waals surface area contributed by atoms with Crippen LogP contribution in [0, 0.1) is 6.92 Å². The molecule has 0 spiro atoms. The number of nitrogens with zero attached hydrogens (tertiary/aromatic N) is 3. The van der Waals surface area contributed by atoms with Crippen LogP contribution < -0.4 is 15.4 Å². The Labute approximate surface area is 125 Å². The predicted molar refractivity (Wildman–Crippen MR) is 85.4 cm³/mol. The summed E-state index contributed by atoms with van der Waals surface area (Å²) in [4.78, 5) is 10.8. The van der Waals surface area contributed by atoms with Crippen molar-refractivity contribution in [1.29, 1.82) is 0 Å². The molecule has 2 rings (SSSR count). The monoisotopic (exact) mass is 284 g/mol. The van der Waals surface area contributed by atoms with Crippen molar-refractivity contribution < 1.29 is 4.74 Å². The van der Waals surface area contributed by atoms with Gasteiger partial charge in [0, 0.05) is 24.8 Å². The lowest BCUT2D eigenvalue weighted by molar-refractivity contribution is 0.414. The summed E-state index contributed by atoms with van der Waals surface area (Å²) < 4.78 is 5.17. The lowest BCUT2D eigenvalue weighted by atomic mass is 10.2. The van der Waals surface area contributed by atoms with E-state index in [4.69, 9.17) is 10.5 Å². The van der Waals surface area contributed by atoms with Gasteiger partial charge in [0.05, 0.1) is 7.11 Å². The van der Waals surface area contributed by atoms with Crippen molar-refractivity contribution in [3.8, 4) is 5.75 Å². The van der Waals surface area contributed by atoms with Gasteiger partial charge in [-0.15, -0.1) is 6.58 Å². The van der Waals surface area contributed by atoms with Gasteiger partial charge in [-0.2, -0.15) is 4.98 Å². The Morgan fingerprint density at radius 3 is 2.57 bits per heavy atom. The van der Waals surface area contributed by atoms with Crippen LogP contribution in [0.25, 0.3) is 0 Å². The average molecular weight is 284 g/mol. The van der Waals surface area contributed by atoms with Crippen LogP contribution in [0.3, 0.4) is 0 Å². The fourth-order valence-electron chi connectivity index (χ4n) is 2.04. The van der Waals surface area contributed by atoms with E-state index in [1.54, 1.807) is 13.2 Å². The fraction of sp³-hybridized carbons (Fsp3) is 0.250. The first-order valence-corrected chi connectivity index (χ1v) is 6.72. The average Bonchev–Trinajstić information content (AvgIpc) is 2.46. The van der Waals surface area contributed by atoms with Crippen LogP contribution in [0.5, 0.6) is 5.75 Å². The molecule has 0 radical (unpaired) electrons. The maximum Gasteiger partial charge on any atom is 0.228 e. The lowest BCUT2D eigenvalue weighted by Crippen LogP contribution is -2.25. The summed E-state index contributed by atoms with van der Waals surface area (Å²) in [5, 5.41) is 0. The molecule has 5 nitrogen and oxygen atoms in total. The highest BCUT2D eigenvalue weighted by Crippen LogP contribution is 2.17. The zero-order valence-electron chi connectivity index (χ0n) is 12.4. The first-order chi connectivity index (χ1) is 10.1. The topological polar surface area (TPSA) is 64.3 Å². The van der Waals surface area contributed by atoms with Gasteiger partial charge in [0.1, 0.15) is 11.6 Å². The number of hydrogen-bond acceptors (Lipinski definition) is 5. The van der Waals surface area contributed by atoms with Gasteiger partial charge in [-0.3, -0.25) is 0 Å². The highest BCUT2D eigenvalue weighted by atomic mass is 16.5. The van der Waals surface area contributed by atoms with Gasteiger partial charge < -0.3 is 15.4 Å². The number of ether oxygens (including phenoxy) is 1. The molecule has 0 aliphatic rings. The van der Waals surface area contributed by atoms with Crippen LogP contribution in [0.4, 0.5) is 11.8 Å². The van der Waals surface area contributed by atoms with Crippen LogP contribution in [-0.2, 0) is 6.54 Å². The van der Waals surface area contributed by atoms with Crippen LogP contribution >= 0.6 is 0 Å². The van der Waals surface area contributed by atoms with Crippen LogP contribution in [-0.4, -0.2) is 23.6 Å². The Kier molecular flexibility index (Phi) is 4.77. The third-order valence-corrected chi connectivity index (χ3v) is 3.03. The van der Waals surface area contributed by atoms with E-state index in [-0.39, 0.29) is 0 Å². The predicted octanol–water partition coefficient (Wildman–Crippen LogP) is 2.57. The van der Waals surface area contributed by atoms with Crippen molar-refractivity contribution in [2.45, 2.75) is 13.5 Å². The van der Waals surface area contributed by atoms with Crippen molar-refractivity contribution in [2.75, 3.05) is 24.3 Å². The van der Waals surface area contributed by atoms with E-state index in [1.165, 1.54) is 0 Å². The number of aryl methyl sites for hydroxylation is 1. The van der Waals surface area contributed by atoms with Crippen molar-refractivity contribution in [1.82, 2.24) is 9.97 Å². The molecule has 0 saturated heterocycles. The van der Waals surface area contributed by atoms with Gasteiger partial charge in [-0.25, -0.2) is 4.98 Å². The van der Waals surface area contributed by atoms with E-state index >= 15 is 0 Å². The van der Waals surface area contributed by atoms with E-state index in [9.17, 15) is 0 Å². The van der Waals surface area contributed by atoms with Crippen molar-refractivity contribution in [3.63, 3.8) is 0 Å². The molecule has 21 heavy (non-hydrogen) atoms. The Morgan fingerprint density at radius 1 is 1.29 bits per heavy atom. The lowest BCUT2D eigenvalue weighted by Gasteiger charge is -2.21. The molecule has 0 saturated carbocycles. The number of rotatable bonds is 6. The Hall–Kier alpha value is -2.56. The minimum absolute atomic E-state index is 0.473. The van der Waals surface area contributed by atoms with E-state index in [0.717, 1.165) is 17.0 Å². The van der Waals surface area contributed by atoms with Gasteiger partial charge in [-0.05, 0) is 24.6 Å². The minimum atomic E-state index is 0.473. The third-order valence-electron chi connectivity index (χ3n) is 3.03. The van der Waals surface area contributed by atoms with E-state index < -0.39 is 0 Å². The minimum Gasteiger partial charge on any atom is -0.497 e. The standard InChI is InChI=1S/C16H20N4O/c1-4-9-20(16-18-12(2)10-15(17)19-16)11-13-5-7-14(21-3)8-6-13/h4-8,10H,1,9,11H2,2-3H3,(H2,17,18,19). The van der Waals surface area contributed by atoms with Gasteiger partial charge in [-0.1, -0.05) is 18.2 Å². The second-order valence-corrected chi connectivity index (χ2v) is 4.75. The van der Waals surface area contributed by atoms with E-state index in [0.29, 0.717) is 24.9 Å². The van der Waals surface area contributed by atoms with Crippen LogP contribution in [0.15, 0.2) is 43.0 Å². The summed E-state index contributed by atoms with van der Waals surface area (Å²) >= 11 is 0. The molecular weight excluding hydrogens is 264 g/mol. The molecule has 1 aromatic heterocycles. The zero-order valence-corrected chi connectivity index (χ0v) is 12.4. The number of anilines is 2. The molecule has 2 N–H and O–H groups in total. The third kappa shape index (κ3) is 3.95. The maximum atomic E-state index is 5.80. The molecule has 0 aliphatic carbocycles. The normalized spacial score (nSPS) is 10.2. The number of nitrogen functional groups attached to an aromatic ring is 1. The highest BCUT2D eigenvalue weighted by Gasteiger charge is 2.10. The molecule has 0 bridgehead atoms. The summed E-state index contributed by atoms with van der Waals surface area (Å²) in [6.07, 6.45) is 1.82. The SMILES string of the molecule is C=CCN(Cc1ccc(OC)cc1)c1nc(C)cc(N)n1. The smallest absolute Gasteiger partial charge is 0.228 e. The van der Waals surface area contributed by atoms with Crippen LogP contribution in [0.1, 0.15) is 11.3 Å². The molecule has 0 fully saturated rings. The summed E-state index contributed by atoms with van der Waals surface area (Å²) in [5.74, 6) is 1.93. The molecular formula is C16H20N4O. The second-order valence-electron chi connectivity index (χ2n) is 4.75. The van der Waals surface area contributed by atoms with Crippen LogP contribution in [0.2, 0.25) is 0 Å². The fourth-order valence-corrected chi connectivity index (χ4v) is 2.04. The number of methoxy groups -OCH3 is 1. The first kappa shape index (κ1) is 14.8. The summed E-state index contributed by atoms with van der Waals surface area (Å²) in [6, 6.07) is 9.67. The highest BCUT2D eigenvalue weighted by molar-refractivity contribution is 5.42. The largest absolute Gasteiger partial charge is 0.497 e. The molecule has 110 valence electrons. The number of aromatic nitrogens is 2. The second kappa shape index (κ2) is 6.74. The molecule has 0 amide bonds. The molecule has 0 atom stereocenters. The molecule has 2 aromatic rings. The van der Waals surface area contributed by atoms with E-state index in [2.05, 4.69) is 16.5 Å². The summed E-state index contributed by atoms with van der Waals surface area (Å²) in [6.45, 7) is 7.02. The van der Waals surface area contributed by atoms with E-state index in [1.807, 2.05) is 42.2 Å². The molecule has 1 heterocycles. The number of benzene rings is 1.